The van der Waals surface area contributed by atoms with Crippen molar-refractivity contribution in [3.63, 3.8) is 0 Å². The average Bonchev–Trinajstić information content (AvgIpc) is 3.03. The van der Waals surface area contributed by atoms with Gasteiger partial charge in [0.1, 0.15) is 5.75 Å². The van der Waals surface area contributed by atoms with Crippen LogP contribution in [-0.2, 0) is 19.5 Å². The lowest BCUT2D eigenvalue weighted by Crippen LogP contribution is -2.75. The molecule has 3 aromatic carbocycles. The molecule has 0 aromatic heterocycles. The first-order chi connectivity index (χ1) is 22.7. The highest BCUT2D eigenvalue weighted by molar-refractivity contribution is 5.30. The molecule has 2 nitrogen and oxygen atoms in total. The summed E-state index contributed by atoms with van der Waals surface area (Å²) >= 11 is 0. The molecule has 0 spiro atoms. The molecule has 3 aromatic rings. The molecule has 0 saturated carbocycles. The number of nitrogens with zero attached hydrogens (tertiary/aromatic N) is 1. The van der Waals surface area contributed by atoms with Crippen molar-refractivity contribution in [3.8, 4) is 5.75 Å². The van der Waals surface area contributed by atoms with E-state index in [0.717, 1.165) is 25.3 Å². The van der Waals surface area contributed by atoms with Crippen LogP contribution in [0, 0.1) is 0 Å². The summed E-state index contributed by atoms with van der Waals surface area (Å²) in [6.07, 6.45) is -9.31. The second kappa shape index (κ2) is 13.7. The number of benzene rings is 3. The minimum absolute atomic E-state index is 0.0239. The van der Waals surface area contributed by atoms with Gasteiger partial charge in [-0.2, -0.15) is 74.6 Å². The Morgan fingerprint density at radius 3 is 1.26 bits per heavy atom. The van der Waals surface area contributed by atoms with Gasteiger partial charge < -0.3 is 4.74 Å². The predicted molar refractivity (Wildman–Crippen MR) is 143 cm³/mol. The highest BCUT2D eigenvalue weighted by atomic mass is 19.4. The average molecular weight is 750 g/mol. The van der Waals surface area contributed by atoms with Gasteiger partial charge in [0.15, 0.2) is 0 Å². The Morgan fingerprint density at radius 2 is 0.860 bits per heavy atom. The van der Waals surface area contributed by atoms with Crippen molar-refractivity contribution in [1.29, 1.82) is 0 Å². The van der Waals surface area contributed by atoms with E-state index in [-0.39, 0.29) is 16.9 Å². The van der Waals surface area contributed by atoms with Crippen molar-refractivity contribution in [2.24, 2.45) is 0 Å². The highest BCUT2D eigenvalue weighted by Gasteiger charge is 2.95. The maximum absolute atomic E-state index is 16.1. The van der Waals surface area contributed by atoms with E-state index in [2.05, 4.69) is 0 Å². The van der Waals surface area contributed by atoms with E-state index < -0.39 is 78.7 Å². The Labute approximate surface area is 272 Å². The summed E-state index contributed by atoms with van der Waals surface area (Å²) < 4.78 is 247. The fraction of sp³-hybridized carbons (Fsp3) is 0.419. The van der Waals surface area contributed by atoms with E-state index in [1.807, 2.05) is 0 Å². The summed E-state index contributed by atoms with van der Waals surface area (Å²) in [7, 11) is 1.07. The van der Waals surface area contributed by atoms with Crippen LogP contribution in [0.2, 0.25) is 0 Å². The van der Waals surface area contributed by atoms with Crippen LogP contribution in [0.3, 0.4) is 0 Å². The second-order valence-electron chi connectivity index (χ2n) is 11.0. The summed E-state index contributed by atoms with van der Waals surface area (Å²) in [5, 5.41) is 0. The molecule has 3 rings (SSSR count). The van der Waals surface area contributed by atoms with E-state index in [4.69, 9.17) is 4.74 Å². The van der Waals surface area contributed by atoms with E-state index >= 15 is 17.6 Å². The zero-order chi connectivity index (χ0) is 38.2. The predicted octanol–water partition coefficient (Wildman–Crippen LogP) is 10.3. The molecule has 278 valence electrons. The van der Waals surface area contributed by atoms with Crippen LogP contribution < -0.4 is 4.74 Å². The Balaban J connectivity index is 2.26. The van der Waals surface area contributed by atoms with Crippen molar-refractivity contribution < 1.29 is 79.4 Å². The molecular weight excluding hydrogens is 725 g/mol. The fourth-order valence-electron chi connectivity index (χ4n) is 4.81. The molecule has 0 aliphatic carbocycles. The molecule has 0 fully saturated rings. The Morgan fingerprint density at radius 1 is 0.480 bits per heavy atom. The summed E-state index contributed by atoms with van der Waals surface area (Å²) in [5.41, 5.74) is -0.376. The summed E-state index contributed by atoms with van der Waals surface area (Å²) in [6, 6.07) is 13.9. The Kier molecular flexibility index (Phi) is 11.2. The van der Waals surface area contributed by atoms with Crippen molar-refractivity contribution in [2.75, 3.05) is 7.11 Å². The summed E-state index contributed by atoms with van der Waals surface area (Å²) in [6.45, 7) is -1.71. The molecule has 1 atom stereocenters. The lowest BCUT2D eigenvalue weighted by atomic mass is 9.85. The summed E-state index contributed by atoms with van der Waals surface area (Å²) in [5.74, 6) is -57.3. The quantitative estimate of drug-likeness (QED) is 0.144. The first kappa shape index (κ1) is 40.7. The number of alkyl halides is 17. The zero-order valence-corrected chi connectivity index (χ0v) is 25.1. The molecule has 19 heteroatoms. The third kappa shape index (κ3) is 6.93. The molecule has 0 aliphatic heterocycles. The minimum atomic E-state index is -8.71. The van der Waals surface area contributed by atoms with Crippen LogP contribution >= 0.6 is 0 Å². The largest absolute Gasteiger partial charge is 0.497 e. The van der Waals surface area contributed by atoms with Crippen LogP contribution in [0.15, 0.2) is 84.9 Å². The van der Waals surface area contributed by atoms with Gasteiger partial charge in [-0.3, -0.25) is 4.90 Å². The SMILES string of the molecule is COc1cccc(CC(N(Cc2ccccc2)Cc2ccccc2)C(F)(F)C(F)(F)C(F)(F)C(F)(F)C(F)(F)C(F)(F)C(F)(F)C(F)(F)F)c1. The van der Waals surface area contributed by atoms with Gasteiger partial charge in [0.25, 0.3) is 0 Å². The van der Waals surface area contributed by atoms with Gasteiger partial charge in [0.2, 0.25) is 0 Å². The van der Waals surface area contributed by atoms with E-state index in [9.17, 15) is 57.1 Å². The molecule has 0 bridgehead atoms. The third-order valence-corrected chi connectivity index (χ3v) is 7.63. The molecule has 1 unspecified atom stereocenters. The van der Waals surface area contributed by atoms with Crippen molar-refractivity contribution in [2.45, 2.75) is 73.2 Å². The van der Waals surface area contributed by atoms with Crippen LogP contribution in [0.5, 0.6) is 5.75 Å². The van der Waals surface area contributed by atoms with Crippen molar-refractivity contribution in [1.82, 2.24) is 4.90 Å². The van der Waals surface area contributed by atoms with Crippen LogP contribution in [0.1, 0.15) is 16.7 Å². The maximum Gasteiger partial charge on any atom is 0.460 e. The highest BCUT2D eigenvalue weighted by Crippen LogP contribution is 2.64. The number of ether oxygens (including phenoxy) is 1. The van der Waals surface area contributed by atoms with Gasteiger partial charge in [-0.05, 0) is 35.2 Å². The number of rotatable bonds is 15. The molecule has 0 amide bonds. The molecule has 0 aliphatic rings. The van der Waals surface area contributed by atoms with E-state index in [1.54, 1.807) is 0 Å². The number of hydrogen-bond acceptors (Lipinski definition) is 2. The monoisotopic (exact) mass is 749 g/mol. The van der Waals surface area contributed by atoms with Gasteiger partial charge in [-0.25, -0.2) is 0 Å². The first-order valence-electron chi connectivity index (χ1n) is 13.9. The molecule has 50 heavy (non-hydrogen) atoms. The van der Waals surface area contributed by atoms with Crippen LogP contribution in [0.25, 0.3) is 0 Å². The molecule has 0 saturated heterocycles. The van der Waals surface area contributed by atoms with Crippen LogP contribution in [0.4, 0.5) is 74.6 Å². The van der Waals surface area contributed by atoms with Gasteiger partial charge in [-0.1, -0.05) is 72.8 Å². The third-order valence-electron chi connectivity index (χ3n) is 7.63. The van der Waals surface area contributed by atoms with Gasteiger partial charge >= 0.3 is 47.6 Å². The standard InChI is InChI=1S/C31H24F17NO/c1-50-22-14-8-13-21(15-22)16-23(49(17-19-9-4-2-5-10-19)18-20-11-6-3-7-12-20)24(32,33)25(34,35)26(36,37)27(38,39)28(40,41)29(42,43)30(44,45)31(46,47)48/h2-15,23H,16-18H2,1H3. The number of methoxy groups -OCH3 is 1. The van der Waals surface area contributed by atoms with E-state index in [1.165, 1.54) is 66.7 Å². The van der Waals surface area contributed by atoms with Gasteiger partial charge in [0.05, 0.1) is 13.2 Å². The van der Waals surface area contributed by atoms with E-state index in [0.29, 0.717) is 4.90 Å². The normalized spacial score (nSPS) is 14.9. The topological polar surface area (TPSA) is 12.5 Å². The number of hydrogen-bond donors (Lipinski definition) is 0. The molecule has 0 heterocycles. The summed E-state index contributed by atoms with van der Waals surface area (Å²) in [4.78, 5) is 0.358. The molecule has 0 N–H and O–H groups in total. The first-order valence-corrected chi connectivity index (χ1v) is 13.9. The Bertz CT molecular complexity index is 1520. The van der Waals surface area contributed by atoms with Gasteiger partial charge in [0, 0.05) is 13.1 Å². The van der Waals surface area contributed by atoms with Crippen molar-refractivity contribution >= 4 is 0 Å². The lowest BCUT2D eigenvalue weighted by Gasteiger charge is -2.46. The number of halogens is 17. The molecular formula is C31H24F17NO. The second-order valence-corrected chi connectivity index (χ2v) is 11.0. The molecule has 0 radical (unpaired) electrons. The van der Waals surface area contributed by atoms with Gasteiger partial charge in [-0.15, -0.1) is 0 Å². The maximum atomic E-state index is 16.1. The smallest absolute Gasteiger partial charge is 0.460 e. The minimum Gasteiger partial charge on any atom is -0.497 e. The van der Waals surface area contributed by atoms with Crippen molar-refractivity contribution in [3.05, 3.63) is 102 Å². The van der Waals surface area contributed by atoms with Crippen LogP contribution in [-0.4, -0.2) is 65.7 Å². The Hall–Kier alpha value is -3.77. The zero-order valence-electron chi connectivity index (χ0n) is 25.1. The fourth-order valence-corrected chi connectivity index (χ4v) is 4.81. The lowest BCUT2D eigenvalue weighted by molar-refractivity contribution is -0.463.